The normalized spacial score (nSPS) is 10.6. The Morgan fingerprint density at radius 3 is 2.89 bits per heavy atom. The van der Waals surface area contributed by atoms with E-state index in [-0.39, 0.29) is 0 Å². The Morgan fingerprint density at radius 1 is 1.26 bits per heavy atom. The maximum Gasteiger partial charge on any atom is 0.183 e. The summed E-state index contributed by atoms with van der Waals surface area (Å²) < 4.78 is 5.05. The first-order chi connectivity index (χ1) is 9.33. The molecule has 2 heterocycles. The average Bonchev–Trinajstić information content (AvgIpc) is 3.08. The van der Waals surface area contributed by atoms with Crippen LogP contribution in [0.3, 0.4) is 0 Å². The Labute approximate surface area is 110 Å². The van der Waals surface area contributed by atoms with Crippen molar-refractivity contribution in [3.8, 4) is 11.4 Å². The van der Waals surface area contributed by atoms with Crippen molar-refractivity contribution in [1.82, 2.24) is 15.2 Å². The fourth-order valence-electron chi connectivity index (χ4n) is 1.89. The minimum Gasteiger partial charge on any atom is -0.472 e. The number of hydrogen-bond acceptors (Lipinski definition) is 4. The smallest absolute Gasteiger partial charge is 0.183 e. The third kappa shape index (κ3) is 2.49. The van der Waals surface area contributed by atoms with Gasteiger partial charge in [-0.25, -0.2) is 4.98 Å². The van der Waals surface area contributed by atoms with Crippen LogP contribution in [0.5, 0.6) is 0 Å². The van der Waals surface area contributed by atoms with Gasteiger partial charge in [0, 0.05) is 23.4 Å². The predicted molar refractivity (Wildman–Crippen MR) is 72.6 cm³/mol. The molecule has 2 aromatic heterocycles. The van der Waals surface area contributed by atoms with E-state index in [2.05, 4.69) is 20.5 Å². The van der Waals surface area contributed by atoms with Crippen LogP contribution < -0.4 is 5.32 Å². The topological polar surface area (TPSA) is 66.7 Å². The quantitative estimate of drug-likeness (QED) is 0.751. The van der Waals surface area contributed by atoms with Crippen molar-refractivity contribution in [2.24, 2.45) is 0 Å². The lowest BCUT2D eigenvalue weighted by molar-refractivity contribution is 0.564. The molecule has 0 radical (unpaired) electrons. The van der Waals surface area contributed by atoms with Crippen molar-refractivity contribution in [1.29, 1.82) is 0 Å². The van der Waals surface area contributed by atoms with Crippen LogP contribution in [0.4, 0.5) is 5.69 Å². The zero-order valence-corrected chi connectivity index (χ0v) is 10.6. The summed E-state index contributed by atoms with van der Waals surface area (Å²) in [5, 5.41) is 10.4. The number of H-pyrrole nitrogens is 1. The first-order valence-electron chi connectivity index (χ1n) is 6.06. The van der Waals surface area contributed by atoms with Gasteiger partial charge >= 0.3 is 0 Å². The fraction of sp³-hybridized carbons (Fsp3) is 0.143. The van der Waals surface area contributed by atoms with E-state index in [1.54, 1.807) is 12.5 Å². The van der Waals surface area contributed by atoms with Gasteiger partial charge in [-0.1, -0.05) is 12.1 Å². The van der Waals surface area contributed by atoms with E-state index in [4.69, 9.17) is 4.42 Å². The lowest BCUT2D eigenvalue weighted by Gasteiger charge is -2.08. The second-order valence-corrected chi connectivity index (χ2v) is 4.28. The number of anilines is 1. The second kappa shape index (κ2) is 4.97. The minimum atomic E-state index is 0.702. The van der Waals surface area contributed by atoms with Crippen molar-refractivity contribution >= 4 is 5.69 Å². The molecule has 0 amide bonds. The molecule has 0 saturated carbocycles. The van der Waals surface area contributed by atoms with Crippen molar-refractivity contribution in [2.75, 3.05) is 5.32 Å². The van der Waals surface area contributed by atoms with Crippen molar-refractivity contribution in [3.63, 3.8) is 0 Å². The van der Waals surface area contributed by atoms with Crippen LogP contribution >= 0.6 is 0 Å². The molecule has 19 heavy (non-hydrogen) atoms. The lowest BCUT2D eigenvalue weighted by Crippen LogP contribution is -2.00. The van der Waals surface area contributed by atoms with Crippen LogP contribution in [0.15, 0.2) is 47.3 Å². The van der Waals surface area contributed by atoms with Crippen LogP contribution in [-0.2, 0) is 6.54 Å². The summed E-state index contributed by atoms with van der Waals surface area (Å²) >= 11 is 0. The summed E-state index contributed by atoms with van der Waals surface area (Å²) in [7, 11) is 0. The van der Waals surface area contributed by atoms with E-state index in [1.807, 2.05) is 37.3 Å². The van der Waals surface area contributed by atoms with Crippen LogP contribution in [0, 0.1) is 6.92 Å². The summed E-state index contributed by atoms with van der Waals surface area (Å²) in [5.74, 6) is 1.51. The number of rotatable bonds is 4. The highest BCUT2D eigenvalue weighted by Gasteiger charge is 2.08. The third-order valence-corrected chi connectivity index (χ3v) is 2.83. The zero-order chi connectivity index (χ0) is 13.1. The van der Waals surface area contributed by atoms with Gasteiger partial charge in [0.15, 0.2) is 5.82 Å². The van der Waals surface area contributed by atoms with E-state index in [1.165, 1.54) is 0 Å². The first kappa shape index (κ1) is 11.5. The number of aryl methyl sites for hydroxylation is 1. The summed E-state index contributed by atoms with van der Waals surface area (Å²) in [6, 6.07) is 9.92. The maximum atomic E-state index is 5.05. The molecule has 3 rings (SSSR count). The van der Waals surface area contributed by atoms with Gasteiger partial charge in [0.1, 0.15) is 5.82 Å². The number of hydrogen-bond donors (Lipinski definition) is 2. The molecule has 3 aromatic rings. The van der Waals surface area contributed by atoms with Crippen molar-refractivity contribution in [3.05, 3.63) is 54.2 Å². The molecule has 2 N–H and O–H groups in total. The zero-order valence-electron chi connectivity index (χ0n) is 10.6. The monoisotopic (exact) mass is 254 g/mol. The van der Waals surface area contributed by atoms with E-state index in [0.29, 0.717) is 12.4 Å². The Bertz CT molecular complexity index is 658. The van der Waals surface area contributed by atoms with Crippen LogP contribution in [0.25, 0.3) is 11.4 Å². The summed E-state index contributed by atoms with van der Waals surface area (Å²) in [6.45, 7) is 2.59. The summed E-state index contributed by atoms with van der Waals surface area (Å²) in [5.41, 5.74) is 3.08. The molecule has 5 heteroatoms. The Kier molecular flexibility index (Phi) is 3.02. The number of aromatic nitrogens is 3. The maximum absolute atomic E-state index is 5.05. The fourth-order valence-corrected chi connectivity index (χ4v) is 1.89. The third-order valence-electron chi connectivity index (χ3n) is 2.83. The number of para-hydroxylation sites is 1. The Hall–Kier alpha value is -2.56. The number of nitrogens with zero attached hydrogens (tertiary/aromatic N) is 2. The number of furan rings is 1. The standard InChI is InChI=1S/C14H14N4O/c1-10-16-14(18-17-10)12-4-2-3-5-13(12)15-8-11-6-7-19-9-11/h2-7,9,15H,8H2,1H3,(H,16,17,18). The molecule has 5 nitrogen and oxygen atoms in total. The lowest BCUT2D eigenvalue weighted by atomic mass is 10.1. The Balaban J connectivity index is 1.85. The molecule has 0 fully saturated rings. The number of nitrogens with one attached hydrogen (secondary N) is 2. The van der Waals surface area contributed by atoms with Crippen molar-refractivity contribution < 1.29 is 4.42 Å². The minimum absolute atomic E-state index is 0.702. The van der Waals surface area contributed by atoms with Crippen LogP contribution in [-0.4, -0.2) is 15.2 Å². The molecule has 96 valence electrons. The Morgan fingerprint density at radius 2 is 2.16 bits per heavy atom. The molecule has 0 unspecified atom stereocenters. The first-order valence-corrected chi connectivity index (χ1v) is 6.06. The molecular weight excluding hydrogens is 240 g/mol. The molecule has 0 aliphatic heterocycles. The molecule has 0 spiro atoms. The van der Waals surface area contributed by atoms with E-state index < -0.39 is 0 Å². The second-order valence-electron chi connectivity index (χ2n) is 4.28. The molecule has 0 aliphatic carbocycles. The average molecular weight is 254 g/mol. The van der Waals surface area contributed by atoms with Gasteiger partial charge in [-0.3, -0.25) is 5.10 Å². The molecule has 0 bridgehead atoms. The summed E-state index contributed by atoms with van der Waals surface area (Å²) in [4.78, 5) is 4.36. The molecule has 1 aromatic carbocycles. The van der Waals surface area contributed by atoms with Crippen LogP contribution in [0.1, 0.15) is 11.4 Å². The predicted octanol–water partition coefficient (Wildman–Crippen LogP) is 2.99. The van der Waals surface area contributed by atoms with Gasteiger partial charge < -0.3 is 9.73 Å². The number of benzene rings is 1. The van der Waals surface area contributed by atoms with E-state index >= 15 is 0 Å². The van der Waals surface area contributed by atoms with Gasteiger partial charge in [0.05, 0.1) is 12.5 Å². The van der Waals surface area contributed by atoms with E-state index in [0.717, 1.165) is 22.6 Å². The highest BCUT2D eigenvalue weighted by molar-refractivity contribution is 5.73. The van der Waals surface area contributed by atoms with Gasteiger partial charge in [-0.15, -0.1) is 0 Å². The number of aromatic amines is 1. The van der Waals surface area contributed by atoms with Gasteiger partial charge in [-0.05, 0) is 25.1 Å². The van der Waals surface area contributed by atoms with E-state index in [9.17, 15) is 0 Å². The summed E-state index contributed by atoms with van der Waals surface area (Å²) in [6.07, 6.45) is 3.40. The largest absolute Gasteiger partial charge is 0.472 e. The van der Waals surface area contributed by atoms with Gasteiger partial charge in [0.2, 0.25) is 0 Å². The highest BCUT2D eigenvalue weighted by atomic mass is 16.3. The molecular formula is C14H14N4O. The van der Waals surface area contributed by atoms with Crippen LogP contribution in [0.2, 0.25) is 0 Å². The molecule has 0 atom stereocenters. The highest BCUT2D eigenvalue weighted by Crippen LogP contribution is 2.25. The van der Waals surface area contributed by atoms with Gasteiger partial charge in [-0.2, -0.15) is 5.10 Å². The molecule has 0 saturated heterocycles. The van der Waals surface area contributed by atoms with Crippen molar-refractivity contribution in [2.45, 2.75) is 13.5 Å². The van der Waals surface area contributed by atoms with Gasteiger partial charge in [0.25, 0.3) is 0 Å². The molecule has 0 aliphatic rings. The SMILES string of the molecule is Cc1nc(-c2ccccc2NCc2ccoc2)n[nH]1.